The second-order valence-electron chi connectivity index (χ2n) is 3.25. The van der Waals surface area contributed by atoms with Crippen LogP contribution >= 0.6 is 0 Å². The summed E-state index contributed by atoms with van der Waals surface area (Å²) in [4.78, 5) is 21.9. The third-order valence-electron chi connectivity index (χ3n) is 2.06. The molecule has 17 heavy (non-hydrogen) atoms. The Morgan fingerprint density at radius 2 is 2.18 bits per heavy atom. The van der Waals surface area contributed by atoms with Gasteiger partial charge in [-0.1, -0.05) is 13.0 Å². The monoisotopic (exact) mass is 239 g/mol. The summed E-state index contributed by atoms with van der Waals surface area (Å²) in [7, 11) is 1.34. The number of nitrogens with zero attached hydrogens (tertiary/aromatic N) is 1. The van der Waals surface area contributed by atoms with Crippen LogP contribution in [-0.4, -0.2) is 24.6 Å². The number of rotatable bonds is 5. The number of carbonyl (C=O) groups is 1. The number of esters is 1. The van der Waals surface area contributed by atoms with Crippen molar-refractivity contribution in [3.05, 3.63) is 33.9 Å². The molecular weight excluding hydrogens is 226 g/mol. The van der Waals surface area contributed by atoms with Crippen molar-refractivity contribution >= 4 is 11.7 Å². The minimum Gasteiger partial charge on any atom is -0.496 e. The predicted molar refractivity (Wildman–Crippen MR) is 60.2 cm³/mol. The van der Waals surface area contributed by atoms with Crippen LogP contribution in [0.5, 0.6) is 5.75 Å². The molecule has 0 saturated carbocycles. The highest BCUT2D eigenvalue weighted by Gasteiger charge is 2.25. The lowest BCUT2D eigenvalue weighted by Crippen LogP contribution is -2.10. The summed E-state index contributed by atoms with van der Waals surface area (Å²) in [6.07, 6.45) is 0.648. The highest BCUT2D eigenvalue weighted by atomic mass is 16.6. The minimum absolute atomic E-state index is 0.139. The molecule has 1 rings (SSSR count). The van der Waals surface area contributed by atoms with E-state index >= 15 is 0 Å². The predicted octanol–water partition coefficient (Wildman–Crippen LogP) is 2.17. The minimum atomic E-state index is -0.740. The van der Waals surface area contributed by atoms with E-state index in [2.05, 4.69) is 0 Å². The largest absolute Gasteiger partial charge is 0.496 e. The molecular formula is C11H13NO5. The maximum absolute atomic E-state index is 11.7. The van der Waals surface area contributed by atoms with Gasteiger partial charge in [0.2, 0.25) is 0 Å². The van der Waals surface area contributed by atoms with Gasteiger partial charge in [0.05, 0.1) is 18.6 Å². The molecule has 6 heteroatoms. The maximum atomic E-state index is 11.7. The Bertz CT molecular complexity index is 430. The van der Waals surface area contributed by atoms with Gasteiger partial charge >= 0.3 is 5.97 Å². The molecule has 92 valence electrons. The summed E-state index contributed by atoms with van der Waals surface area (Å²) in [5.74, 6) is -0.601. The van der Waals surface area contributed by atoms with Crippen LogP contribution in [0.4, 0.5) is 5.69 Å². The van der Waals surface area contributed by atoms with Crippen molar-refractivity contribution in [2.75, 3.05) is 13.7 Å². The van der Waals surface area contributed by atoms with Gasteiger partial charge in [0.15, 0.2) is 5.56 Å². The van der Waals surface area contributed by atoms with Crippen LogP contribution in [0.2, 0.25) is 0 Å². The van der Waals surface area contributed by atoms with E-state index in [1.165, 1.54) is 25.3 Å². The Labute approximate surface area is 98.3 Å². The molecule has 0 unspecified atom stereocenters. The first-order valence-electron chi connectivity index (χ1n) is 5.10. The van der Waals surface area contributed by atoms with Gasteiger partial charge in [-0.05, 0) is 12.5 Å². The molecule has 0 aromatic heterocycles. The summed E-state index contributed by atoms with van der Waals surface area (Å²) < 4.78 is 9.82. The van der Waals surface area contributed by atoms with Crippen LogP contribution in [0, 0.1) is 10.1 Å². The van der Waals surface area contributed by atoms with Gasteiger partial charge in [-0.25, -0.2) is 4.79 Å². The van der Waals surface area contributed by atoms with Gasteiger partial charge in [-0.2, -0.15) is 0 Å². The summed E-state index contributed by atoms with van der Waals surface area (Å²) >= 11 is 0. The normalized spacial score (nSPS) is 9.76. The number of hydrogen-bond donors (Lipinski definition) is 0. The Balaban J connectivity index is 3.17. The number of hydrogen-bond acceptors (Lipinski definition) is 5. The van der Waals surface area contributed by atoms with E-state index in [4.69, 9.17) is 9.47 Å². The van der Waals surface area contributed by atoms with E-state index in [9.17, 15) is 14.9 Å². The fraction of sp³-hybridized carbons (Fsp3) is 0.364. The molecule has 0 fully saturated rings. The molecule has 6 nitrogen and oxygen atoms in total. The van der Waals surface area contributed by atoms with Crippen LogP contribution in [0.25, 0.3) is 0 Å². The van der Waals surface area contributed by atoms with Crippen LogP contribution in [0.15, 0.2) is 18.2 Å². The van der Waals surface area contributed by atoms with E-state index < -0.39 is 10.9 Å². The number of methoxy groups -OCH3 is 1. The van der Waals surface area contributed by atoms with Crippen LogP contribution in [0.1, 0.15) is 23.7 Å². The fourth-order valence-corrected chi connectivity index (χ4v) is 1.31. The molecule has 0 spiro atoms. The van der Waals surface area contributed by atoms with Crippen molar-refractivity contribution in [1.29, 1.82) is 0 Å². The Morgan fingerprint density at radius 1 is 1.47 bits per heavy atom. The maximum Gasteiger partial charge on any atom is 0.349 e. The molecule has 0 aliphatic carbocycles. The van der Waals surface area contributed by atoms with Crippen molar-refractivity contribution in [1.82, 2.24) is 0 Å². The summed E-state index contributed by atoms with van der Waals surface area (Å²) in [6, 6.07) is 4.17. The lowest BCUT2D eigenvalue weighted by atomic mass is 10.1. The second kappa shape index (κ2) is 5.83. The van der Waals surface area contributed by atoms with E-state index in [1.54, 1.807) is 0 Å². The third kappa shape index (κ3) is 2.93. The molecule has 1 aromatic rings. The van der Waals surface area contributed by atoms with Gasteiger partial charge < -0.3 is 9.47 Å². The molecule has 0 radical (unpaired) electrons. The zero-order valence-corrected chi connectivity index (χ0v) is 9.63. The zero-order valence-electron chi connectivity index (χ0n) is 9.63. The lowest BCUT2D eigenvalue weighted by Gasteiger charge is -2.08. The first-order valence-corrected chi connectivity index (χ1v) is 5.10. The van der Waals surface area contributed by atoms with Gasteiger partial charge in [0.25, 0.3) is 5.69 Å². The molecule has 0 bridgehead atoms. The Kier molecular flexibility index (Phi) is 4.45. The molecule has 0 atom stereocenters. The number of benzene rings is 1. The topological polar surface area (TPSA) is 78.7 Å². The first-order chi connectivity index (χ1) is 8.11. The number of ether oxygens (including phenoxy) is 2. The third-order valence-corrected chi connectivity index (χ3v) is 2.06. The molecule has 1 aromatic carbocycles. The van der Waals surface area contributed by atoms with E-state index in [0.29, 0.717) is 6.42 Å². The van der Waals surface area contributed by atoms with Crippen molar-refractivity contribution < 1.29 is 19.2 Å². The van der Waals surface area contributed by atoms with E-state index in [1.807, 2.05) is 6.92 Å². The smallest absolute Gasteiger partial charge is 0.349 e. The van der Waals surface area contributed by atoms with E-state index in [-0.39, 0.29) is 23.6 Å². The second-order valence-corrected chi connectivity index (χ2v) is 3.25. The van der Waals surface area contributed by atoms with Gasteiger partial charge in [-0.15, -0.1) is 0 Å². The van der Waals surface area contributed by atoms with E-state index in [0.717, 1.165) is 0 Å². The van der Waals surface area contributed by atoms with Crippen LogP contribution in [-0.2, 0) is 4.74 Å². The molecule has 0 N–H and O–H groups in total. The van der Waals surface area contributed by atoms with Crippen molar-refractivity contribution in [2.45, 2.75) is 13.3 Å². The number of nitro groups is 1. The zero-order chi connectivity index (χ0) is 12.8. The first kappa shape index (κ1) is 13.0. The number of nitro benzene ring substituents is 1. The van der Waals surface area contributed by atoms with Gasteiger partial charge in [-0.3, -0.25) is 10.1 Å². The highest BCUT2D eigenvalue weighted by molar-refractivity contribution is 5.97. The average Bonchev–Trinajstić information content (AvgIpc) is 2.34. The standard InChI is InChI=1S/C11H13NO5/c1-3-7-17-11(13)10-8(12(14)15)5-4-6-9(10)16-2/h4-6H,3,7H2,1-2H3. The molecule has 0 heterocycles. The average molecular weight is 239 g/mol. The molecule has 0 amide bonds. The fourth-order valence-electron chi connectivity index (χ4n) is 1.31. The molecule has 0 saturated heterocycles. The highest BCUT2D eigenvalue weighted by Crippen LogP contribution is 2.28. The van der Waals surface area contributed by atoms with Crippen LogP contribution < -0.4 is 4.74 Å². The summed E-state index contributed by atoms with van der Waals surface area (Å²) in [5.41, 5.74) is -0.459. The summed E-state index contributed by atoms with van der Waals surface area (Å²) in [5, 5.41) is 10.8. The lowest BCUT2D eigenvalue weighted by molar-refractivity contribution is -0.385. The SMILES string of the molecule is CCCOC(=O)c1c(OC)cccc1[N+](=O)[O-]. The van der Waals surface area contributed by atoms with Crippen molar-refractivity contribution in [3.8, 4) is 5.75 Å². The van der Waals surface area contributed by atoms with Gasteiger partial charge in [0.1, 0.15) is 5.75 Å². The van der Waals surface area contributed by atoms with Gasteiger partial charge in [0, 0.05) is 6.07 Å². The molecule has 0 aliphatic rings. The molecule has 0 aliphatic heterocycles. The summed E-state index contributed by atoms with van der Waals surface area (Å²) in [6.45, 7) is 2.05. The quantitative estimate of drug-likeness (QED) is 0.447. The van der Waals surface area contributed by atoms with Crippen LogP contribution in [0.3, 0.4) is 0 Å². The van der Waals surface area contributed by atoms with Crippen molar-refractivity contribution in [2.24, 2.45) is 0 Å². The van der Waals surface area contributed by atoms with Crippen molar-refractivity contribution in [3.63, 3.8) is 0 Å². The Hall–Kier alpha value is -2.11. The number of carbonyl (C=O) groups excluding carboxylic acids is 1. The Morgan fingerprint density at radius 3 is 2.71 bits per heavy atom.